The monoisotopic (exact) mass is 362 g/mol. The van der Waals surface area contributed by atoms with Crippen molar-refractivity contribution in [3.05, 3.63) is 29.8 Å². The van der Waals surface area contributed by atoms with Crippen molar-refractivity contribution in [2.75, 3.05) is 20.8 Å². The number of nitrogens with one attached hydrogen (secondary N) is 2. The molecular weight excluding hydrogens is 332 g/mol. The van der Waals surface area contributed by atoms with Crippen molar-refractivity contribution in [3.8, 4) is 5.75 Å². The Kier molecular flexibility index (Phi) is 6.13. The molecule has 0 radical (unpaired) electrons. The van der Waals surface area contributed by atoms with Gasteiger partial charge in [-0.3, -0.25) is 9.79 Å². The number of hydrogen-bond donors (Lipinski definition) is 3. The second-order valence-electron chi connectivity index (χ2n) is 7.39. The molecule has 1 aromatic rings. The number of primary amides is 1. The van der Waals surface area contributed by atoms with Crippen molar-refractivity contribution in [2.45, 2.75) is 45.4 Å². The van der Waals surface area contributed by atoms with Crippen LogP contribution in [-0.4, -0.2) is 44.3 Å². The zero-order valence-electron chi connectivity index (χ0n) is 16.3. The van der Waals surface area contributed by atoms with Gasteiger partial charge in [-0.25, -0.2) is 0 Å². The van der Waals surface area contributed by atoms with Crippen molar-refractivity contribution in [3.63, 3.8) is 0 Å². The number of carbonyl (C=O) groups excluding carboxylic acids is 1. The summed E-state index contributed by atoms with van der Waals surface area (Å²) >= 11 is 0. The molecule has 4 N–H and O–H groups in total. The summed E-state index contributed by atoms with van der Waals surface area (Å²) in [4.78, 5) is 15.1. The number of ether oxygens (including phenoxy) is 2. The third-order valence-corrected chi connectivity index (χ3v) is 5.55. The molecule has 0 bridgehead atoms. The minimum atomic E-state index is -0.496. The number of nitrogens with zero attached hydrogens (tertiary/aromatic N) is 1. The van der Waals surface area contributed by atoms with Crippen LogP contribution in [0.15, 0.2) is 29.3 Å². The fourth-order valence-electron chi connectivity index (χ4n) is 3.17. The lowest BCUT2D eigenvalue weighted by Gasteiger charge is -2.59. The summed E-state index contributed by atoms with van der Waals surface area (Å²) in [5.74, 6) is 0.857. The van der Waals surface area contributed by atoms with Crippen molar-refractivity contribution >= 4 is 11.9 Å². The van der Waals surface area contributed by atoms with E-state index in [-0.39, 0.29) is 23.7 Å². The number of rotatable bonds is 7. The number of hydrogen-bond acceptors (Lipinski definition) is 4. The Bertz CT molecular complexity index is 675. The number of carbonyl (C=O) groups is 1. The van der Waals surface area contributed by atoms with Crippen molar-refractivity contribution in [1.82, 2.24) is 10.6 Å². The largest absolute Gasteiger partial charge is 0.484 e. The highest BCUT2D eigenvalue weighted by Crippen LogP contribution is 2.51. The second-order valence-corrected chi connectivity index (χ2v) is 7.39. The molecule has 7 nitrogen and oxygen atoms in total. The highest BCUT2D eigenvalue weighted by molar-refractivity contribution is 5.80. The molecule has 144 valence electrons. The minimum Gasteiger partial charge on any atom is -0.484 e. The van der Waals surface area contributed by atoms with Gasteiger partial charge in [0.25, 0.3) is 5.91 Å². The Morgan fingerprint density at radius 2 is 2.12 bits per heavy atom. The maximum absolute atomic E-state index is 10.8. The summed E-state index contributed by atoms with van der Waals surface area (Å²) in [6.45, 7) is 6.99. The van der Waals surface area contributed by atoms with Crippen LogP contribution in [0.3, 0.4) is 0 Å². The van der Waals surface area contributed by atoms with E-state index >= 15 is 0 Å². The minimum absolute atomic E-state index is 0.00187. The van der Waals surface area contributed by atoms with Gasteiger partial charge in [-0.05, 0) is 31.0 Å². The van der Waals surface area contributed by atoms with Gasteiger partial charge in [-0.2, -0.15) is 0 Å². The standard InChI is InChI=1S/C19H30N4O3/c1-18(2)15(10-19(18,3)25-5)23-17(21-4)22-11-13-7-6-8-14(9-13)26-12-16(20)24/h6-9,15H,10-12H2,1-5H3,(H2,20,24)(H2,21,22,23). The molecule has 1 aliphatic carbocycles. The van der Waals surface area contributed by atoms with Crippen LogP contribution in [0.4, 0.5) is 0 Å². The lowest BCUT2D eigenvalue weighted by atomic mass is 9.56. The zero-order valence-corrected chi connectivity index (χ0v) is 16.3. The molecule has 26 heavy (non-hydrogen) atoms. The quantitative estimate of drug-likeness (QED) is 0.503. The van der Waals surface area contributed by atoms with Crippen LogP contribution in [0.2, 0.25) is 0 Å². The van der Waals surface area contributed by atoms with E-state index in [0.29, 0.717) is 12.3 Å². The summed E-state index contributed by atoms with van der Waals surface area (Å²) in [5.41, 5.74) is 5.99. The Labute approximate surface area is 155 Å². The summed E-state index contributed by atoms with van der Waals surface area (Å²) in [5, 5.41) is 6.79. The SMILES string of the molecule is CN=C(NCc1cccc(OCC(N)=O)c1)NC1CC(C)(OC)C1(C)C. The Morgan fingerprint density at radius 1 is 1.38 bits per heavy atom. The molecule has 2 rings (SSSR count). The first-order chi connectivity index (χ1) is 12.2. The number of aliphatic imine (C=N–C) groups is 1. The molecule has 2 atom stereocenters. The zero-order chi connectivity index (χ0) is 19.4. The maximum Gasteiger partial charge on any atom is 0.255 e. The number of benzene rings is 1. The fourth-order valence-corrected chi connectivity index (χ4v) is 3.17. The lowest BCUT2D eigenvalue weighted by Crippen LogP contribution is -2.69. The van der Waals surface area contributed by atoms with Crippen LogP contribution < -0.4 is 21.1 Å². The van der Waals surface area contributed by atoms with Crippen LogP contribution in [0, 0.1) is 5.41 Å². The molecular formula is C19H30N4O3. The van der Waals surface area contributed by atoms with Gasteiger partial charge in [0.2, 0.25) is 0 Å². The highest BCUT2D eigenvalue weighted by Gasteiger charge is 2.58. The van der Waals surface area contributed by atoms with E-state index in [2.05, 4.69) is 36.4 Å². The second kappa shape index (κ2) is 7.95. The molecule has 1 saturated carbocycles. The molecule has 1 fully saturated rings. The third kappa shape index (κ3) is 4.27. The number of guanidine groups is 1. The van der Waals surface area contributed by atoms with E-state index in [1.54, 1.807) is 20.2 Å². The van der Waals surface area contributed by atoms with E-state index in [0.717, 1.165) is 17.9 Å². The van der Waals surface area contributed by atoms with Gasteiger partial charge < -0.3 is 25.8 Å². The Balaban J connectivity index is 1.90. The van der Waals surface area contributed by atoms with Crippen molar-refractivity contribution < 1.29 is 14.3 Å². The van der Waals surface area contributed by atoms with Gasteiger partial charge in [0.1, 0.15) is 5.75 Å². The highest BCUT2D eigenvalue weighted by atomic mass is 16.5. The van der Waals surface area contributed by atoms with Crippen LogP contribution >= 0.6 is 0 Å². The molecule has 1 aliphatic rings. The van der Waals surface area contributed by atoms with Gasteiger partial charge in [0, 0.05) is 32.2 Å². The molecule has 1 aromatic carbocycles. The van der Waals surface area contributed by atoms with E-state index in [4.69, 9.17) is 15.2 Å². The van der Waals surface area contributed by atoms with Gasteiger partial charge in [-0.15, -0.1) is 0 Å². The fraction of sp³-hybridized carbons (Fsp3) is 0.579. The van der Waals surface area contributed by atoms with Crippen LogP contribution in [0.25, 0.3) is 0 Å². The summed E-state index contributed by atoms with van der Waals surface area (Å²) in [7, 11) is 3.52. The summed E-state index contributed by atoms with van der Waals surface area (Å²) < 4.78 is 11.0. The molecule has 0 aromatic heterocycles. The smallest absolute Gasteiger partial charge is 0.255 e. The van der Waals surface area contributed by atoms with Crippen LogP contribution in [0.5, 0.6) is 5.75 Å². The summed E-state index contributed by atoms with van der Waals surface area (Å²) in [6.07, 6.45) is 0.924. The molecule has 2 unspecified atom stereocenters. The van der Waals surface area contributed by atoms with E-state index in [1.807, 2.05) is 18.2 Å². The maximum atomic E-state index is 10.8. The molecule has 7 heteroatoms. The van der Waals surface area contributed by atoms with Crippen molar-refractivity contribution in [2.24, 2.45) is 16.1 Å². The number of methoxy groups -OCH3 is 1. The number of amides is 1. The van der Waals surface area contributed by atoms with Gasteiger partial charge >= 0.3 is 0 Å². The Hall–Kier alpha value is -2.28. The average Bonchev–Trinajstić information content (AvgIpc) is 2.62. The predicted molar refractivity (Wildman–Crippen MR) is 102 cm³/mol. The topological polar surface area (TPSA) is 98.0 Å². The van der Waals surface area contributed by atoms with Gasteiger partial charge in [0.05, 0.1) is 5.60 Å². The molecule has 0 spiro atoms. The Morgan fingerprint density at radius 3 is 2.69 bits per heavy atom. The first kappa shape index (κ1) is 20.0. The molecule has 0 aliphatic heterocycles. The van der Waals surface area contributed by atoms with E-state index in [9.17, 15) is 4.79 Å². The molecule has 0 saturated heterocycles. The summed E-state index contributed by atoms with van der Waals surface area (Å²) in [6, 6.07) is 7.80. The van der Waals surface area contributed by atoms with Crippen LogP contribution in [-0.2, 0) is 16.1 Å². The third-order valence-electron chi connectivity index (χ3n) is 5.55. The predicted octanol–water partition coefficient (Wildman–Crippen LogP) is 1.42. The van der Waals surface area contributed by atoms with Gasteiger partial charge in [-0.1, -0.05) is 26.0 Å². The molecule has 0 heterocycles. The first-order valence-corrected chi connectivity index (χ1v) is 8.74. The van der Waals surface area contributed by atoms with Gasteiger partial charge in [0.15, 0.2) is 12.6 Å². The van der Waals surface area contributed by atoms with Crippen LogP contribution in [0.1, 0.15) is 32.8 Å². The number of nitrogens with two attached hydrogens (primary N) is 1. The lowest BCUT2D eigenvalue weighted by molar-refractivity contribution is -0.176. The van der Waals surface area contributed by atoms with Crippen molar-refractivity contribution in [1.29, 1.82) is 0 Å². The molecule has 1 amide bonds. The average molecular weight is 362 g/mol. The normalized spacial score (nSPS) is 24.5. The van der Waals surface area contributed by atoms with E-state index in [1.165, 1.54) is 0 Å². The van der Waals surface area contributed by atoms with E-state index < -0.39 is 5.91 Å². The first-order valence-electron chi connectivity index (χ1n) is 8.74.